The van der Waals surface area contributed by atoms with Crippen LogP contribution in [0.2, 0.25) is 0 Å². The van der Waals surface area contributed by atoms with Gasteiger partial charge in [-0.15, -0.1) is 0 Å². The summed E-state index contributed by atoms with van der Waals surface area (Å²) >= 11 is 0. The Kier molecular flexibility index (Phi) is 2.75. The zero-order valence-electron chi connectivity index (χ0n) is 11.4. The van der Waals surface area contributed by atoms with Crippen molar-refractivity contribution in [1.29, 1.82) is 0 Å². The van der Waals surface area contributed by atoms with Gasteiger partial charge in [-0.25, -0.2) is 4.79 Å². The Bertz CT molecular complexity index is 506. The number of carbonyl (C=O) groups excluding carboxylic acids is 1. The van der Waals surface area contributed by atoms with Crippen LogP contribution in [0.15, 0.2) is 16.7 Å². The highest BCUT2D eigenvalue weighted by molar-refractivity contribution is 5.80. The van der Waals surface area contributed by atoms with Gasteiger partial charge in [0.15, 0.2) is 5.60 Å². The van der Waals surface area contributed by atoms with Crippen molar-refractivity contribution in [3.05, 3.63) is 23.7 Å². The molecule has 0 aromatic carbocycles. The van der Waals surface area contributed by atoms with Crippen LogP contribution in [0.3, 0.4) is 0 Å². The van der Waals surface area contributed by atoms with E-state index in [9.17, 15) is 9.90 Å². The van der Waals surface area contributed by atoms with Crippen molar-refractivity contribution >= 4 is 5.97 Å². The second-order valence-corrected chi connectivity index (χ2v) is 6.04. The molecular weight excluding hydrogens is 244 g/mol. The first kappa shape index (κ1) is 12.7. The van der Waals surface area contributed by atoms with Gasteiger partial charge in [0, 0.05) is 17.8 Å². The van der Waals surface area contributed by atoms with Crippen molar-refractivity contribution in [1.82, 2.24) is 0 Å². The number of hydrogen-bond donors (Lipinski definition) is 1. The van der Waals surface area contributed by atoms with Crippen molar-refractivity contribution < 1.29 is 19.1 Å². The SMILES string of the molecule is COC(=O)[C@]1(O)CCC[C@]2(C)c3ccoc3CC[C@@H]12. The zero-order chi connectivity index (χ0) is 13.7. The number of hydrogen-bond acceptors (Lipinski definition) is 4. The molecule has 1 aromatic heterocycles. The Balaban J connectivity index is 2.06. The molecule has 104 valence electrons. The number of esters is 1. The van der Waals surface area contributed by atoms with Gasteiger partial charge >= 0.3 is 5.97 Å². The van der Waals surface area contributed by atoms with Crippen LogP contribution in [0.25, 0.3) is 0 Å². The van der Waals surface area contributed by atoms with Crippen LogP contribution in [0.1, 0.15) is 43.9 Å². The summed E-state index contributed by atoms with van der Waals surface area (Å²) in [6.07, 6.45) is 5.55. The lowest BCUT2D eigenvalue weighted by Crippen LogP contribution is -2.58. The molecule has 1 N–H and O–H groups in total. The molecule has 19 heavy (non-hydrogen) atoms. The van der Waals surface area contributed by atoms with E-state index in [1.165, 1.54) is 7.11 Å². The lowest BCUT2D eigenvalue weighted by atomic mass is 9.54. The Morgan fingerprint density at radius 2 is 2.32 bits per heavy atom. The summed E-state index contributed by atoms with van der Waals surface area (Å²) in [4.78, 5) is 12.0. The summed E-state index contributed by atoms with van der Waals surface area (Å²) in [5.74, 6) is 0.425. The summed E-state index contributed by atoms with van der Waals surface area (Å²) in [5.41, 5.74) is -0.385. The average Bonchev–Trinajstić information content (AvgIpc) is 2.87. The summed E-state index contributed by atoms with van der Waals surface area (Å²) in [6.45, 7) is 2.14. The number of aliphatic hydroxyl groups is 1. The second-order valence-electron chi connectivity index (χ2n) is 6.04. The van der Waals surface area contributed by atoms with Gasteiger partial charge in [-0.3, -0.25) is 0 Å². The van der Waals surface area contributed by atoms with E-state index in [1.807, 2.05) is 6.07 Å². The van der Waals surface area contributed by atoms with Gasteiger partial charge in [-0.05, 0) is 37.3 Å². The fourth-order valence-corrected chi connectivity index (χ4v) is 4.22. The maximum atomic E-state index is 12.0. The van der Waals surface area contributed by atoms with Gasteiger partial charge in [0.2, 0.25) is 0 Å². The summed E-state index contributed by atoms with van der Waals surface area (Å²) in [7, 11) is 1.35. The van der Waals surface area contributed by atoms with Crippen molar-refractivity contribution in [2.75, 3.05) is 7.11 Å². The molecule has 0 bridgehead atoms. The molecule has 2 aliphatic carbocycles. The molecule has 0 aliphatic heterocycles. The van der Waals surface area contributed by atoms with Gasteiger partial charge < -0.3 is 14.3 Å². The molecule has 1 fully saturated rings. The molecule has 3 rings (SSSR count). The van der Waals surface area contributed by atoms with E-state index in [2.05, 4.69) is 6.92 Å². The first-order valence-electron chi connectivity index (χ1n) is 6.90. The fourth-order valence-electron chi connectivity index (χ4n) is 4.22. The molecule has 0 spiro atoms. The van der Waals surface area contributed by atoms with Gasteiger partial charge in [-0.1, -0.05) is 6.92 Å². The van der Waals surface area contributed by atoms with E-state index in [-0.39, 0.29) is 11.3 Å². The highest BCUT2D eigenvalue weighted by Gasteiger charge is 2.58. The lowest BCUT2D eigenvalue weighted by Gasteiger charge is -2.51. The number of carbonyl (C=O) groups is 1. The topological polar surface area (TPSA) is 59.7 Å². The highest BCUT2D eigenvalue weighted by Crippen LogP contribution is 2.54. The summed E-state index contributed by atoms with van der Waals surface area (Å²) in [6, 6.07) is 1.99. The molecule has 2 aliphatic rings. The lowest BCUT2D eigenvalue weighted by molar-refractivity contribution is -0.179. The highest BCUT2D eigenvalue weighted by atomic mass is 16.5. The van der Waals surface area contributed by atoms with Gasteiger partial charge in [-0.2, -0.15) is 0 Å². The van der Waals surface area contributed by atoms with Gasteiger partial charge in [0.25, 0.3) is 0 Å². The molecule has 4 nitrogen and oxygen atoms in total. The maximum absolute atomic E-state index is 12.0. The van der Waals surface area contributed by atoms with E-state index in [0.717, 1.165) is 37.0 Å². The van der Waals surface area contributed by atoms with Crippen LogP contribution < -0.4 is 0 Å². The minimum Gasteiger partial charge on any atom is -0.469 e. The largest absolute Gasteiger partial charge is 0.469 e. The van der Waals surface area contributed by atoms with E-state index in [0.29, 0.717) is 6.42 Å². The molecule has 3 atom stereocenters. The number of ether oxygens (including phenoxy) is 1. The van der Waals surface area contributed by atoms with Crippen molar-refractivity contribution in [2.24, 2.45) is 5.92 Å². The predicted molar refractivity (Wildman–Crippen MR) is 68.7 cm³/mol. The van der Waals surface area contributed by atoms with Crippen LogP contribution in [-0.4, -0.2) is 23.8 Å². The van der Waals surface area contributed by atoms with Crippen LogP contribution in [0.5, 0.6) is 0 Å². The number of aryl methyl sites for hydroxylation is 1. The second kappa shape index (κ2) is 4.10. The van der Waals surface area contributed by atoms with Crippen LogP contribution in [0.4, 0.5) is 0 Å². The summed E-state index contributed by atoms with van der Waals surface area (Å²) < 4.78 is 10.4. The van der Waals surface area contributed by atoms with Crippen LogP contribution >= 0.6 is 0 Å². The number of rotatable bonds is 1. The van der Waals surface area contributed by atoms with Crippen molar-refractivity contribution in [2.45, 2.75) is 50.0 Å². The Labute approximate surface area is 112 Å². The monoisotopic (exact) mass is 264 g/mol. The third-order valence-corrected chi connectivity index (χ3v) is 5.16. The van der Waals surface area contributed by atoms with E-state index < -0.39 is 11.6 Å². The molecule has 0 amide bonds. The quantitative estimate of drug-likeness (QED) is 0.790. The first-order valence-corrected chi connectivity index (χ1v) is 6.90. The number of fused-ring (bicyclic) bond motifs is 3. The zero-order valence-corrected chi connectivity index (χ0v) is 11.4. The molecule has 1 saturated carbocycles. The van der Waals surface area contributed by atoms with E-state index in [4.69, 9.17) is 9.15 Å². The normalized spacial score (nSPS) is 37.3. The Morgan fingerprint density at radius 3 is 3.05 bits per heavy atom. The molecule has 0 unspecified atom stereocenters. The molecule has 0 saturated heterocycles. The van der Waals surface area contributed by atoms with E-state index in [1.54, 1.807) is 6.26 Å². The standard InChI is InChI=1S/C15H20O4/c1-14-7-3-8-15(17,13(16)18-2)12(14)5-4-11-10(14)6-9-19-11/h6,9,12,17H,3-5,7-8H2,1-2H3/t12-,14-,15+/m1/s1. The minimum atomic E-state index is -1.35. The van der Waals surface area contributed by atoms with Gasteiger partial charge in [0.05, 0.1) is 13.4 Å². The van der Waals surface area contributed by atoms with Crippen LogP contribution in [-0.2, 0) is 21.4 Å². The third kappa shape index (κ3) is 1.59. The first-order chi connectivity index (χ1) is 9.02. The number of methoxy groups -OCH3 is 1. The predicted octanol–water partition coefficient (Wildman–Crippen LogP) is 2.19. The molecule has 4 heteroatoms. The smallest absolute Gasteiger partial charge is 0.338 e. The van der Waals surface area contributed by atoms with Crippen molar-refractivity contribution in [3.63, 3.8) is 0 Å². The molecular formula is C15H20O4. The average molecular weight is 264 g/mol. The van der Waals surface area contributed by atoms with Crippen LogP contribution in [0, 0.1) is 5.92 Å². The minimum absolute atomic E-state index is 0.0914. The molecule has 1 aromatic rings. The number of furan rings is 1. The Hall–Kier alpha value is -1.29. The van der Waals surface area contributed by atoms with Crippen molar-refractivity contribution in [3.8, 4) is 0 Å². The maximum Gasteiger partial charge on any atom is 0.338 e. The fraction of sp³-hybridized carbons (Fsp3) is 0.667. The summed E-state index contributed by atoms with van der Waals surface area (Å²) in [5, 5.41) is 10.9. The Morgan fingerprint density at radius 1 is 1.53 bits per heavy atom. The van der Waals surface area contributed by atoms with E-state index >= 15 is 0 Å². The third-order valence-electron chi connectivity index (χ3n) is 5.16. The molecule has 1 heterocycles. The molecule has 0 radical (unpaired) electrons. The van der Waals surface area contributed by atoms with Gasteiger partial charge in [0.1, 0.15) is 5.76 Å².